The Balaban J connectivity index is 0.000000215. The van der Waals surface area contributed by atoms with Crippen molar-refractivity contribution in [2.45, 2.75) is 138 Å². The summed E-state index contributed by atoms with van der Waals surface area (Å²) in [5.74, 6) is 3.85. The lowest BCUT2D eigenvalue weighted by Gasteiger charge is -2.38. The highest BCUT2D eigenvalue weighted by atomic mass is 35.5. The van der Waals surface area contributed by atoms with E-state index in [4.69, 9.17) is 22.1 Å². The third-order valence-electron chi connectivity index (χ3n) is 14.9. The lowest BCUT2D eigenvalue weighted by Crippen LogP contribution is -2.48. The van der Waals surface area contributed by atoms with Crippen LogP contribution in [0.1, 0.15) is 166 Å². The lowest BCUT2D eigenvalue weighted by atomic mass is 10.0. The third-order valence-corrected chi connectivity index (χ3v) is 15.2. The van der Waals surface area contributed by atoms with Crippen LogP contribution in [0.5, 0.6) is 5.75 Å². The molecule has 6 aromatic carbocycles. The van der Waals surface area contributed by atoms with Gasteiger partial charge in [0.25, 0.3) is 0 Å². The second-order valence-corrected chi connectivity index (χ2v) is 24.6. The highest BCUT2D eigenvalue weighted by Gasteiger charge is 2.19. The minimum absolute atomic E-state index is 0.338. The number of nitrogens with two attached hydrogens (primary N) is 1. The number of benzene rings is 6. The quantitative estimate of drug-likeness (QED) is 0.130. The van der Waals surface area contributed by atoms with Crippen molar-refractivity contribution in [1.29, 1.82) is 0 Å². The van der Waals surface area contributed by atoms with E-state index in [1.807, 2.05) is 85.2 Å². The molecule has 0 aliphatic carbocycles. The number of aromatic nitrogens is 2. The molecule has 0 spiro atoms. The molecule has 2 saturated heterocycles. The number of phenols is 1. The van der Waals surface area contributed by atoms with Gasteiger partial charge in [-0.1, -0.05) is 161 Å². The number of pyridine rings is 2. The van der Waals surface area contributed by atoms with Crippen molar-refractivity contribution >= 4 is 45.3 Å². The van der Waals surface area contributed by atoms with Crippen LogP contribution < -0.4 is 20.4 Å². The number of halogens is 1. The van der Waals surface area contributed by atoms with Gasteiger partial charge in [0.05, 0.1) is 18.7 Å². The van der Waals surface area contributed by atoms with E-state index in [0.717, 1.165) is 74.4 Å². The molecule has 8 aromatic rings. The Kier molecular flexibility index (Phi) is 31.1. The maximum atomic E-state index is 9.24. The molecule has 10 rings (SSSR count). The first kappa shape index (κ1) is 70.6. The number of hydrogen-bond donors (Lipinski definition) is 2. The Hall–Kier alpha value is -6.91. The molecule has 0 atom stereocenters. The smallest absolute Gasteiger partial charge is 0.115 e. The first-order valence-electron chi connectivity index (χ1n) is 30.9. The number of anilines is 4. The Morgan fingerprint density at radius 2 is 0.941 bits per heavy atom. The zero-order valence-corrected chi connectivity index (χ0v) is 55.3. The summed E-state index contributed by atoms with van der Waals surface area (Å²) in [6.07, 6.45) is 3.66. The molecular weight excluding hydrogens is 1070 g/mol. The summed E-state index contributed by atoms with van der Waals surface area (Å²) in [6, 6.07) is 58.3. The maximum Gasteiger partial charge on any atom is 0.115 e. The molecule has 2 fully saturated rings. The standard InChI is InChI=1S/C13H20N2O.C13H19NO.C12H13N.C11H17N.C9H11Cl.C9H13N.C8H11N/c1-11(2)14-7-9-15(10-8-14)12-3-5-13(16)6-4-12;1-11(2)12-3-5-13(6-4-12)14-7-9-15-10-8-14;1-9(2)10-5-6-12-11(8-10)4-3-7-13-12;1-9(2)10-5-7-11(8-6-10)12(3)4;2*1-7(2)8-4-3-5-9(10)6-8;1-7(2)8-5-3-4-6-9-8/h3-6,11,16H,7-10H2,1-2H3;3-6,11H,7-10H2,1-2H3;3-9H,1-2H3;5-9H,1-4H3;3-7H,1-2H3;3-7H,10H2,1-2H3;3-7H,1-2H3. The summed E-state index contributed by atoms with van der Waals surface area (Å²) in [4.78, 5) is 17.8. The predicted molar refractivity (Wildman–Crippen MR) is 370 cm³/mol. The van der Waals surface area contributed by atoms with Gasteiger partial charge in [-0.2, -0.15) is 0 Å². The number of rotatable bonds is 10. The summed E-state index contributed by atoms with van der Waals surface area (Å²) in [5, 5.41) is 11.3. The molecule has 4 heterocycles. The maximum absolute atomic E-state index is 9.24. The van der Waals surface area contributed by atoms with E-state index in [-0.39, 0.29) is 0 Å². The summed E-state index contributed by atoms with van der Waals surface area (Å²) in [5.41, 5.74) is 19.3. The van der Waals surface area contributed by atoms with Gasteiger partial charge in [-0.3, -0.25) is 14.9 Å². The molecule has 0 radical (unpaired) electrons. The Bertz CT molecular complexity index is 2960. The van der Waals surface area contributed by atoms with Crippen LogP contribution in [0.15, 0.2) is 182 Å². The monoisotopic (exact) mass is 1170 g/mol. The van der Waals surface area contributed by atoms with Crippen LogP contribution in [0.25, 0.3) is 10.9 Å². The van der Waals surface area contributed by atoms with E-state index >= 15 is 0 Å². The van der Waals surface area contributed by atoms with Crippen molar-refractivity contribution in [1.82, 2.24) is 14.9 Å². The zero-order chi connectivity index (χ0) is 62.4. The van der Waals surface area contributed by atoms with Crippen LogP contribution in [0.2, 0.25) is 5.02 Å². The number of nitrogen functional groups attached to an aromatic ring is 1. The van der Waals surface area contributed by atoms with Gasteiger partial charge in [0, 0.05) is 111 Å². The van der Waals surface area contributed by atoms with Gasteiger partial charge in [0.2, 0.25) is 0 Å². The summed E-state index contributed by atoms with van der Waals surface area (Å²) < 4.78 is 5.34. The van der Waals surface area contributed by atoms with Gasteiger partial charge >= 0.3 is 0 Å². The number of phenolic OH excluding ortho intramolecular Hbond substituents is 1. The topological polar surface area (TPSA) is 94.2 Å². The molecular formula is C75H104ClN7O2. The van der Waals surface area contributed by atoms with Gasteiger partial charge in [-0.05, 0) is 180 Å². The van der Waals surface area contributed by atoms with Crippen molar-refractivity contribution in [2.75, 3.05) is 87.0 Å². The number of ether oxygens (including phenoxy) is 1. The fourth-order valence-corrected chi connectivity index (χ4v) is 9.36. The van der Waals surface area contributed by atoms with Gasteiger partial charge in [-0.15, -0.1) is 0 Å². The fraction of sp³-hybridized carbons (Fsp3) is 0.413. The Morgan fingerprint density at radius 3 is 1.39 bits per heavy atom. The van der Waals surface area contributed by atoms with E-state index in [0.29, 0.717) is 47.3 Å². The first-order chi connectivity index (χ1) is 40.5. The predicted octanol–water partition coefficient (Wildman–Crippen LogP) is 18.9. The van der Waals surface area contributed by atoms with Crippen LogP contribution >= 0.6 is 11.6 Å². The van der Waals surface area contributed by atoms with Crippen LogP contribution in [0, 0.1) is 0 Å². The average molecular weight is 1170 g/mol. The van der Waals surface area contributed by atoms with E-state index in [9.17, 15) is 5.11 Å². The molecule has 458 valence electrons. The van der Waals surface area contributed by atoms with Crippen LogP contribution in [0.3, 0.4) is 0 Å². The van der Waals surface area contributed by atoms with E-state index in [1.54, 1.807) is 12.1 Å². The molecule has 3 N–H and O–H groups in total. The van der Waals surface area contributed by atoms with E-state index in [1.165, 1.54) is 50.3 Å². The molecule has 2 aliphatic heterocycles. The normalized spacial score (nSPS) is 13.1. The summed E-state index contributed by atoms with van der Waals surface area (Å²) >= 11 is 5.79. The van der Waals surface area contributed by atoms with Crippen LogP contribution in [0.4, 0.5) is 22.7 Å². The highest BCUT2D eigenvalue weighted by molar-refractivity contribution is 6.30. The van der Waals surface area contributed by atoms with E-state index in [2.05, 4.69) is 226 Å². The molecule has 85 heavy (non-hydrogen) atoms. The molecule has 10 heteroatoms. The minimum Gasteiger partial charge on any atom is -0.508 e. The number of fused-ring (bicyclic) bond motifs is 1. The number of hydrogen-bond acceptors (Lipinski definition) is 9. The van der Waals surface area contributed by atoms with Crippen molar-refractivity contribution in [3.63, 3.8) is 0 Å². The fourth-order valence-electron chi connectivity index (χ4n) is 9.16. The third kappa shape index (κ3) is 26.1. The van der Waals surface area contributed by atoms with Gasteiger partial charge in [-0.25, -0.2) is 0 Å². The van der Waals surface area contributed by atoms with Crippen molar-refractivity contribution in [3.05, 3.63) is 221 Å². The zero-order valence-electron chi connectivity index (χ0n) is 54.5. The number of aromatic hydroxyl groups is 1. The number of morpholine rings is 1. The van der Waals surface area contributed by atoms with E-state index < -0.39 is 0 Å². The van der Waals surface area contributed by atoms with Gasteiger partial charge < -0.3 is 30.3 Å². The first-order valence-corrected chi connectivity index (χ1v) is 31.2. The van der Waals surface area contributed by atoms with Crippen molar-refractivity contribution < 1.29 is 9.84 Å². The second-order valence-electron chi connectivity index (χ2n) is 24.2. The molecule has 2 aromatic heterocycles. The van der Waals surface area contributed by atoms with Crippen molar-refractivity contribution in [2.24, 2.45) is 0 Å². The number of piperazine rings is 1. The number of nitrogens with zero attached hydrogens (tertiary/aromatic N) is 6. The summed E-state index contributed by atoms with van der Waals surface area (Å²) in [7, 11) is 4.12. The molecule has 0 amide bonds. The second kappa shape index (κ2) is 37.5. The molecule has 2 aliphatic rings. The van der Waals surface area contributed by atoms with Crippen molar-refractivity contribution in [3.8, 4) is 5.75 Å². The molecule has 0 saturated carbocycles. The van der Waals surface area contributed by atoms with Gasteiger partial charge in [0.15, 0.2) is 0 Å². The Labute approximate surface area is 519 Å². The van der Waals surface area contributed by atoms with Gasteiger partial charge in [0.1, 0.15) is 5.75 Å². The van der Waals surface area contributed by atoms with Crippen LogP contribution in [-0.4, -0.2) is 92.6 Å². The van der Waals surface area contributed by atoms with Crippen LogP contribution in [-0.2, 0) is 4.74 Å². The highest BCUT2D eigenvalue weighted by Crippen LogP contribution is 2.24. The SMILES string of the molecule is CC(C)N1CCN(c2ccc(O)cc2)CC1.CC(C)c1ccc(N(C)C)cc1.CC(C)c1ccc(N2CCOCC2)cc1.CC(C)c1ccc2ncccc2c1.CC(C)c1cccc(Cl)c1.CC(C)c1cccc(N)c1.CC(C)c1ccccn1. The molecule has 0 unspecified atom stereocenters. The summed E-state index contributed by atoms with van der Waals surface area (Å²) in [6.45, 7) is 38.8. The Morgan fingerprint density at radius 1 is 0.459 bits per heavy atom. The minimum atomic E-state index is 0.338. The average Bonchev–Trinajstić information content (AvgIpc) is 3.53. The molecule has 0 bridgehead atoms. The largest absolute Gasteiger partial charge is 0.508 e. The lowest BCUT2D eigenvalue weighted by molar-refractivity contribution is 0.122. The molecule has 9 nitrogen and oxygen atoms in total.